The summed E-state index contributed by atoms with van der Waals surface area (Å²) in [6.45, 7) is 4.04. The number of thiazole rings is 1. The number of hydrogen-bond donors (Lipinski definition) is 1. The van der Waals surface area contributed by atoms with Gasteiger partial charge in [0.25, 0.3) is 0 Å². The van der Waals surface area contributed by atoms with Gasteiger partial charge < -0.3 is 5.32 Å². The Kier molecular flexibility index (Phi) is 4.13. The largest absolute Gasteiger partial charge is 0.317 e. The molecule has 4 heteroatoms. The van der Waals surface area contributed by atoms with Crippen LogP contribution in [0.1, 0.15) is 23.4 Å². The van der Waals surface area contributed by atoms with E-state index in [-0.39, 0.29) is 5.82 Å². The lowest BCUT2D eigenvalue weighted by molar-refractivity contribution is 0.372. The summed E-state index contributed by atoms with van der Waals surface area (Å²) in [5, 5.41) is 6.68. The summed E-state index contributed by atoms with van der Waals surface area (Å²) in [5.74, 6) is 0.601. The highest BCUT2D eigenvalue weighted by Gasteiger charge is 2.15. The van der Waals surface area contributed by atoms with Crippen LogP contribution in [0, 0.1) is 18.7 Å². The molecule has 1 fully saturated rings. The molecule has 0 radical (unpaired) electrons. The van der Waals surface area contributed by atoms with Crippen LogP contribution in [0.4, 0.5) is 4.39 Å². The molecule has 106 valence electrons. The Balaban J connectivity index is 1.73. The van der Waals surface area contributed by atoms with Gasteiger partial charge in [-0.2, -0.15) is 0 Å². The zero-order chi connectivity index (χ0) is 13.9. The first kappa shape index (κ1) is 13.7. The summed E-state index contributed by atoms with van der Waals surface area (Å²) in [5.41, 5.74) is 2.66. The van der Waals surface area contributed by atoms with Crippen molar-refractivity contribution >= 4 is 11.3 Å². The molecule has 0 aliphatic carbocycles. The third-order valence-electron chi connectivity index (χ3n) is 3.93. The molecule has 1 aromatic carbocycles. The molecule has 0 bridgehead atoms. The second-order valence-corrected chi connectivity index (χ2v) is 6.43. The molecule has 2 aromatic rings. The van der Waals surface area contributed by atoms with Crippen molar-refractivity contribution in [3.63, 3.8) is 0 Å². The van der Waals surface area contributed by atoms with Gasteiger partial charge in [-0.3, -0.25) is 0 Å². The molecule has 1 saturated heterocycles. The summed E-state index contributed by atoms with van der Waals surface area (Å²) >= 11 is 1.72. The second kappa shape index (κ2) is 6.02. The molecular weight excluding hydrogens is 271 g/mol. The van der Waals surface area contributed by atoms with E-state index >= 15 is 0 Å². The first-order valence-corrected chi connectivity index (χ1v) is 8.02. The average molecular weight is 290 g/mol. The van der Waals surface area contributed by atoms with Gasteiger partial charge in [-0.25, -0.2) is 9.37 Å². The van der Waals surface area contributed by atoms with E-state index in [0.717, 1.165) is 36.7 Å². The van der Waals surface area contributed by atoms with Crippen molar-refractivity contribution in [2.45, 2.75) is 26.2 Å². The predicted molar refractivity (Wildman–Crippen MR) is 81.5 cm³/mol. The van der Waals surface area contributed by atoms with Gasteiger partial charge in [-0.15, -0.1) is 11.3 Å². The van der Waals surface area contributed by atoms with E-state index in [9.17, 15) is 4.39 Å². The molecule has 1 aliphatic heterocycles. The molecule has 2 heterocycles. The zero-order valence-electron chi connectivity index (χ0n) is 11.7. The molecule has 20 heavy (non-hydrogen) atoms. The number of piperidine rings is 1. The van der Waals surface area contributed by atoms with E-state index in [1.807, 2.05) is 12.1 Å². The minimum absolute atomic E-state index is 0.154. The van der Waals surface area contributed by atoms with Crippen LogP contribution in [0.2, 0.25) is 0 Å². The standard InChI is InChI=1S/C16H19FN2S/c1-11-8-13(2-3-14(11)17)15-10-20-16(19-15)9-12-4-6-18-7-5-12/h2-3,8,10,12,18H,4-7,9H2,1H3. The van der Waals surface area contributed by atoms with Crippen LogP contribution in [-0.4, -0.2) is 18.1 Å². The number of nitrogens with zero attached hydrogens (tertiary/aromatic N) is 1. The monoisotopic (exact) mass is 290 g/mol. The maximum absolute atomic E-state index is 13.3. The highest BCUT2D eigenvalue weighted by atomic mass is 32.1. The van der Waals surface area contributed by atoms with Gasteiger partial charge in [-0.1, -0.05) is 0 Å². The third-order valence-corrected chi connectivity index (χ3v) is 4.80. The second-order valence-electron chi connectivity index (χ2n) is 5.49. The fourth-order valence-corrected chi connectivity index (χ4v) is 3.59. The summed E-state index contributed by atoms with van der Waals surface area (Å²) in [6, 6.07) is 5.21. The number of benzene rings is 1. The smallest absolute Gasteiger partial charge is 0.126 e. The van der Waals surface area contributed by atoms with E-state index in [1.165, 1.54) is 23.9 Å². The summed E-state index contributed by atoms with van der Waals surface area (Å²) in [6.07, 6.45) is 3.56. The molecule has 0 atom stereocenters. The lowest BCUT2D eigenvalue weighted by Gasteiger charge is -2.21. The molecule has 0 unspecified atom stereocenters. The van der Waals surface area contributed by atoms with Gasteiger partial charge in [0.1, 0.15) is 5.82 Å². The summed E-state index contributed by atoms with van der Waals surface area (Å²) in [7, 11) is 0. The van der Waals surface area contributed by atoms with Gasteiger partial charge in [0.05, 0.1) is 10.7 Å². The maximum Gasteiger partial charge on any atom is 0.126 e. The normalized spacial score (nSPS) is 16.5. The average Bonchev–Trinajstić information content (AvgIpc) is 2.91. The minimum Gasteiger partial charge on any atom is -0.317 e. The number of halogens is 1. The predicted octanol–water partition coefficient (Wildman–Crippen LogP) is 3.80. The van der Waals surface area contributed by atoms with E-state index in [1.54, 1.807) is 18.3 Å². The number of hydrogen-bond acceptors (Lipinski definition) is 3. The van der Waals surface area contributed by atoms with Crippen LogP contribution in [-0.2, 0) is 6.42 Å². The molecule has 1 N–H and O–H groups in total. The van der Waals surface area contributed by atoms with Crippen molar-refractivity contribution in [1.82, 2.24) is 10.3 Å². The van der Waals surface area contributed by atoms with Crippen molar-refractivity contribution < 1.29 is 4.39 Å². The van der Waals surface area contributed by atoms with Crippen molar-refractivity contribution in [3.8, 4) is 11.3 Å². The van der Waals surface area contributed by atoms with Gasteiger partial charge in [-0.05, 0) is 62.5 Å². The summed E-state index contributed by atoms with van der Waals surface area (Å²) < 4.78 is 13.3. The molecule has 0 saturated carbocycles. The van der Waals surface area contributed by atoms with E-state index in [0.29, 0.717) is 5.56 Å². The Morgan fingerprint density at radius 2 is 2.15 bits per heavy atom. The molecule has 0 amide bonds. The number of rotatable bonds is 3. The Morgan fingerprint density at radius 3 is 2.90 bits per heavy atom. The summed E-state index contributed by atoms with van der Waals surface area (Å²) in [4.78, 5) is 4.72. The topological polar surface area (TPSA) is 24.9 Å². The fraction of sp³-hybridized carbons (Fsp3) is 0.438. The van der Waals surface area contributed by atoms with Crippen LogP contribution < -0.4 is 5.32 Å². The zero-order valence-corrected chi connectivity index (χ0v) is 12.5. The Bertz CT molecular complexity index is 588. The van der Waals surface area contributed by atoms with Crippen molar-refractivity contribution in [3.05, 3.63) is 40.0 Å². The van der Waals surface area contributed by atoms with Gasteiger partial charge in [0, 0.05) is 17.4 Å². The lowest BCUT2D eigenvalue weighted by atomic mass is 9.95. The maximum atomic E-state index is 13.3. The Hall–Kier alpha value is -1.26. The third kappa shape index (κ3) is 3.07. The van der Waals surface area contributed by atoms with E-state index < -0.39 is 0 Å². The fourth-order valence-electron chi connectivity index (χ4n) is 2.67. The Labute approximate surface area is 123 Å². The van der Waals surface area contributed by atoms with Crippen LogP contribution in [0.3, 0.4) is 0 Å². The van der Waals surface area contributed by atoms with Crippen LogP contribution in [0.5, 0.6) is 0 Å². The van der Waals surface area contributed by atoms with E-state index in [2.05, 4.69) is 10.7 Å². The lowest BCUT2D eigenvalue weighted by Crippen LogP contribution is -2.28. The molecule has 2 nitrogen and oxygen atoms in total. The van der Waals surface area contributed by atoms with Crippen molar-refractivity contribution in [1.29, 1.82) is 0 Å². The molecule has 1 aliphatic rings. The van der Waals surface area contributed by atoms with Gasteiger partial charge in [0.2, 0.25) is 0 Å². The van der Waals surface area contributed by atoms with E-state index in [4.69, 9.17) is 4.98 Å². The van der Waals surface area contributed by atoms with Crippen molar-refractivity contribution in [2.24, 2.45) is 5.92 Å². The van der Waals surface area contributed by atoms with Crippen molar-refractivity contribution in [2.75, 3.05) is 13.1 Å². The molecule has 3 rings (SSSR count). The minimum atomic E-state index is -0.154. The quantitative estimate of drug-likeness (QED) is 0.930. The Morgan fingerprint density at radius 1 is 1.35 bits per heavy atom. The molecule has 1 aromatic heterocycles. The van der Waals surface area contributed by atoms with Crippen LogP contribution in [0.25, 0.3) is 11.3 Å². The van der Waals surface area contributed by atoms with Gasteiger partial charge >= 0.3 is 0 Å². The molecular formula is C16H19FN2S. The first-order chi connectivity index (χ1) is 9.72. The highest BCUT2D eigenvalue weighted by Crippen LogP contribution is 2.26. The number of aromatic nitrogens is 1. The SMILES string of the molecule is Cc1cc(-c2csc(CC3CCNCC3)n2)ccc1F. The van der Waals surface area contributed by atoms with Gasteiger partial charge in [0.15, 0.2) is 0 Å². The number of nitrogens with one attached hydrogen (secondary N) is 1. The molecule has 0 spiro atoms. The highest BCUT2D eigenvalue weighted by molar-refractivity contribution is 7.09. The number of aryl methyl sites for hydroxylation is 1. The van der Waals surface area contributed by atoms with Crippen LogP contribution in [0.15, 0.2) is 23.6 Å². The first-order valence-electron chi connectivity index (χ1n) is 7.14. The van der Waals surface area contributed by atoms with Crippen LogP contribution >= 0.6 is 11.3 Å².